The molecule has 2 aromatic heterocycles. The Balaban J connectivity index is 1.39. The Morgan fingerprint density at radius 3 is 2.68 bits per heavy atom. The third-order valence-electron chi connectivity index (χ3n) is 4.61. The van der Waals surface area contributed by atoms with Crippen molar-refractivity contribution in [3.05, 3.63) is 42.6 Å². The van der Waals surface area contributed by atoms with Crippen LogP contribution in [-0.2, 0) is 17.9 Å². The van der Waals surface area contributed by atoms with Crippen molar-refractivity contribution in [1.29, 1.82) is 0 Å². The molecule has 1 amide bonds. The highest BCUT2D eigenvalue weighted by Crippen LogP contribution is 2.17. The normalized spacial score (nSPS) is 15.0. The Labute approximate surface area is 149 Å². The van der Waals surface area contributed by atoms with Crippen LogP contribution < -0.4 is 10.2 Å². The van der Waals surface area contributed by atoms with Gasteiger partial charge in [-0.1, -0.05) is 18.9 Å². The molecule has 0 saturated carbocycles. The summed E-state index contributed by atoms with van der Waals surface area (Å²) in [5.41, 5.74) is 1.04. The fourth-order valence-corrected chi connectivity index (χ4v) is 3.14. The van der Waals surface area contributed by atoms with Crippen LogP contribution in [0.3, 0.4) is 0 Å². The van der Waals surface area contributed by atoms with Crippen molar-refractivity contribution in [3.63, 3.8) is 0 Å². The first-order valence-corrected chi connectivity index (χ1v) is 9.23. The van der Waals surface area contributed by atoms with Gasteiger partial charge in [-0.15, -0.1) is 0 Å². The van der Waals surface area contributed by atoms with Gasteiger partial charge in [0.2, 0.25) is 5.91 Å². The molecule has 0 aromatic carbocycles. The molecule has 1 aliphatic rings. The Morgan fingerprint density at radius 2 is 2.00 bits per heavy atom. The number of aromatic nitrogens is 3. The lowest BCUT2D eigenvalue weighted by atomic mass is 10.2. The van der Waals surface area contributed by atoms with E-state index in [4.69, 9.17) is 0 Å². The highest BCUT2D eigenvalue weighted by atomic mass is 16.1. The van der Waals surface area contributed by atoms with Crippen LogP contribution in [0, 0.1) is 0 Å². The van der Waals surface area contributed by atoms with Gasteiger partial charge in [0.25, 0.3) is 0 Å². The molecule has 1 aliphatic heterocycles. The van der Waals surface area contributed by atoms with Gasteiger partial charge in [-0.05, 0) is 30.9 Å². The molecular weight excluding hydrogens is 314 g/mol. The van der Waals surface area contributed by atoms with Gasteiger partial charge < -0.3 is 14.8 Å². The maximum absolute atomic E-state index is 11.9. The average Bonchev–Trinajstić information content (AvgIpc) is 3.00. The standard InChI is InChI=1S/C19H27N5O/c25-19(6-5-10-23-13-9-20-16-23)22-15-17-7-8-18(21-14-17)24-11-3-1-2-4-12-24/h7-9,13-14,16H,1-6,10-12,15H2,(H,22,25). The largest absolute Gasteiger partial charge is 0.357 e. The Bertz CT molecular complexity index is 630. The van der Waals surface area contributed by atoms with Gasteiger partial charge in [-0.25, -0.2) is 9.97 Å². The lowest BCUT2D eigenvalue weighted by Crippen LogP contribution is -2.25. The quantitative estimate of drug-likeness (QED) is 0.841. The number of carbonyl (C=O) groups is 1. The molecule has 0 radical (unpaired) electrons. The summed E-state index contributed by atoms with van der Waals surface area (Å²) in [7, 11) is 0. The molecule has 1 fully saturated rings. The maximum Gasteiger partial charge on any atom is 0.220 e. The number of nitrogens with zero attached hydrogens (tertiary/aromatic N) is 4. The van der Waals surface area contributed by atoms with Crippen LogP contribution in [0.5, 0.6) is 0 Å². The van der Waals surface area contributed by atoms with Gasteiger partial charge >= 0.3 is 0 Å². The van der Waals surface area contributed by atoms with E-state index in [1.165, 1.54) is 25.7 Å². The molecule has 3 rings (SSSR count). The topological polar surface area (TPSA) is 63.1 Å². The average molecular weight is 341 g/mol. The van der Waals surface area contributed by atoms with Crippen molar-refractivity contribution in [3.8, 4) is 0 Å². The molecule has 1 saturated heterocycles. The summed E-state index contributed by atoms with van der Waals surface area (Å²) in [6, 6.07) is 4.14. The molecule has 0 bridgehead atoms. The van der Waals surface area contributed by atoms with Crippen LogP contribution in [-0.4, -0.2) is 33.5 Å². The van der Waals surface area contributed by atoms with E-state index in [1.807, 2.05) is 17.0 Å². The van der Waals surface area contributed by atoms with Crippen LogP contribution in [0.4, 0.5) is 5.82 Å². The second-order valence-electron chi connectivity index (χ2n) is 6.61. The predicted molar refractivity (Wildman–Crippen MR) is 98.2 cm³/mol. The summed E-state index contributed by atoms with van der Waals surface area (Å²) in [4.78, 5) is 22.9. The number of amides is 1. The number of pyridine rings is 1. The number of carbonyl (C=O) groups excluding carboxylic acids is 1. The van der Waals surface area contributed by atoms with E-state index in [-0.39, 0.29) is 5.91 Å². The Hall–Kier alpha value is -2.37. The van der Waals surface area contributed by atoms with Crippen molar-refractivity contribution in [2.75, 3.05) is 18.0 Å². The molecule has 3 heterocycles. The third-order valence-corrected chi connectivity index (χ3v) is 4.61. The van der Waals surface area contributed by atoms with Gasteiger partial charge in [0.15, 0.2) is 0 Å². The number of rotatable bonds is 7. The highest BCUT2D eigenvalue weighted by molar-refractivity contribution is 5.75. The van der Waals surface area contributed by atoms with Crippen molar-refractivity contribution in [1.82, 2.24) is 19.9 Å². The number of nitrogens with one attached hydrogen (secondary N) is 1. The highest BCUT2D eigenvalue weighted by Gasteiger charge is 2.10. The molecule has 0 aliphatic carbocycles. The first kappa shape index (κ1) is 17.5. The first-order chi connectivity index (χ1) is 12.3. The second kappa shape index (κ2) is 9.20. The maximum atomic E-state index is 11.9. The molecule has 0 atom stereocenters. The lowest BCUT2D eigenvalue weighted by molar-refractivity contribution is -0.121. The van der Waals surface area contributed by atoms with Crippen molar-refractivity contribution in [2.24, 2.45) is 0 Å². The fraction of sp³-hybridized carbons (Fsp3) is 0.526. The number of hydrogen-bond acceptors (Lipinski definition) is 4. The van der Waals surface area contributed by atoms with Crippen LogP contribution >= 0.6 is 0 Å². The summed E-state index contributed by atoms with van der Waals surface area (Å²) in [6.07, 6.45) is 13.8. The minimum Gasteiger partial charge on any atom is -0.357 e. The van der Waals surface area contributed by atoms with Gasteiger partial charge in [0, 0.05) is 51.2 Å². The zero-order valence-corrected chi connectivity index (χ0v) is 14.7. The van der Waals surface area contributed by atoms with Crippen molar-refractivity contribution < 1.29 is 4.79 Å². The number of aryl methyl sites for hydroxylation is 1. The molecule has 25 heavy (non-hydrogen) atoms. The SMILES string of the molecule is O=C(CCCn1ccnc1)NCc1ccc(N2CCCCCC2)nc1. The second-order valence-corrected chi connectivity index (χ2v) is 6.61. The summed E-state index contributed by atoms with van der Waals surface area (Å²) in [5, 5.41) is 2.97. The molecule has 0 unspecified atom stereocenters. The summed E-state index contributed by atoms with van der Waals surface area (Å²) >= 11 is 0. The third kappa shape index (κ3) is 5.59. The molecule has 134 valence electrons. The smallest absolute Gasteiger partial charge is 0.220 e. The zero-order valence-electron chi connectivity index (χ0n) is 14.7. The van der Waals surface area contributed by atoms with E-state index in [9.17, 15) is 4.79 Å². The number of anilines is 1. The van der Waals surface area contributed by atoms with Crippen molar-refractivity contribution >= 4 is 11.7 Å². The number of imidazole rings is 1. The van der Waals surface area contributed by atoms with Gasteiger partial charge in [0.05, 0.1) is 6.33 Å². The van der Waals surface area contributed by atoms with E-state index in [0.29, 0.717) is 13.0 Å². The molecule has 2 aromatic rings. The molecule has 1 N–H and O–H groups in total. The summed E-state index contributed by atoms with van der Waals surface area (Å²) < 4.78 is 1.98. The lowest BCUT2D eigenvalue weighted by Gasteiger charge is -2.21. The van der Waals surface area contributed by atoms with Crippen LogP contribution in [0.1, 0.15) is 44.1 Å². The Kier molecular flexibility index (Phi) is 6.42. The van der Waals surface area contributed by atoms with Crippen LogP contribution in [0.15, 0.2) is 37.1 Å². The predicted octanol–water partition coefficient (Wildman–Crippen LogP) is 2.76. The van der Waals surface area contributed by atoms with Gasteiger partial charge in [-0.2, -0.15) is 0 Å². The fourth-order valence-electron chi connectivity index (χ4n) is 3.14. The number of hydrogen-bond donors (Lipinski definition) is 1. The van der Waals surface area contributed by atoms with Gasteiger partial charge in [-0.3, -0.25) is 4.79 Å². The van der Waals surface area contributed by atoms with E-state index in [2.05, 4.69) is 32.3 Å². The van der Waals surface area contributed by atoms with Crippen LogP contribution in [0.25, 0.3) is 0 Å². The summed E-state index contributed by atoms with van der Waals surface area (Å²) in [6.45, 7) is 3.55. The van der Waals surface area contributed by atoms with E-state index in [0.717, 1.165) is 37.4 Å². The molecule has 0 spiro atoms. The molecule has 6 nitrogen and oxygen atoms in total. The summed E-state index contributed by atoms with van der Waals surface area (Å²) in [5.74, 6) is 1.13. The van der Waals surface area contributed by atoms with E-state index < -0.39 is 0 Å². The van der Waals surface area contributed by atoms with Gasteiger partial charge in [0.1, 0.15) is 5.82 Å². The zero-order chi connectivity index (χ0) is 17.3. The minimum atomic E-state index is 0.0803. The minimum absolute atomic E-state index is 0.0803. The monoisotopic (exact) mass is 341 g/mol. The van der Waals surface area contributed by atoms with Crippen molar-refractivity contribution in [2.45, 2.75) is 51.6 Å². The Morgan fingerprint density at radius 1 is 1.16 bits per heavy atom. The van der Waals surface area contributed by atoms with E-state index in [1.54, 1.807) is 12.5 Å². The first-order valence-electron chi connectivity index (χ1n) is 9.23. The van der Waals surface area contributed by atoms with E-state index >= 15 is 0 Å². The molecule has 6 heteroatoms. The van der Waals surface area contributed by atoms with Crippen LogP contribution in [0.2, 0.25) is 0 Å². The molecular formula is C19H27N5O.